The fraction of sp³-hybridized carbons (Fsp3) is 0.130. The molecule has 154 valence electrons. The normalized spacial score (nSPS) is 10.4. The SMILES string of the molecule is COc1cccc(NC(=O)CSc2ccccc2C(=O)Nc2cc(C)ccc2F)c1. The Kier molecular flexibility index (Phi) is 7.08. The van der Waals surface area contributed by atoms with Gasteiger partial charge in [0.15, 0.2) is 0 Å². The number of benzene rings is 3. The van der Waals surface area contributed by atoms with E-state index in [0.717, 1.165) is 5.56 Å². The zero-order chi connectivity index (χ0) is 21.5. The Morgan fingerprint density at radius 1 is 1.00 bits per heavy atom. The number of carbonyl (C=O) groups is 2. The smallest absolute Gasteiger partial charge is 0.256 e. The van der Waals surface area contributed by atoms with Gasteiger partial charge in [-0.1, -0.05) is 24.3 Å². The molecule has 0 heterocycles. The molecule has 0 aromatic heterocycles. The number of ether oxygens (including phenoxy) is 1. The first-order chi connectivity index (χ1) is 14.5. The van der Waals surface area contributed by atoms with E-state index in [-0.39, 0.29) is 17.3 Å². The highest BCUT2D eigenvalue weighted by Gasteiger charge is 2.15. The lowest BCUT2D eigenvalue weighted by molar-refractivity contribution is -0.113. The van der Waals surface area contributed by atoms with Crippen LogP contribution in [0.25, 0.3) is 0 Å². The van der Waals surface area contributed by atoms with Gasteiger partial charge in [-0.25, -0.2) is 4.39 Å². The zero-order valence-electron chi connectivity index (χ0n) is 16.6. The van der Waals surface area contributed by atoms with Crippen LogP contribution in [0.4, 0.5) is 15.8 Å². The van der Waals surface area contributed by atoms with Crippen LogP contribution in [0.3, 0.4) is 0 Å². The summed E-state index contributed by atoms with van der Waals surface area (Å²) in [5.41, 5.74) is 1.96. The van der Waals surface area contributed by atoms with Crippen molar-refractivity contribution in [3.8, 4) is 5.75 Å². The Balaban J connectivity index is 1.66. The van der Waals surface area contributed by atoms with Crippen LogP contribution in [0.1, 0.15) is 15.9 Å². The molecule has 0 aliphatic rings. The highest BCUT2D eigenvalue weighted by atomic mass is 32.2. The molecule has 0 bridgehead atoms. The third-order valence-electron chi connectivity index (χ3n) is 4.21. The summed E-state index contributed by atoms with van der Waals surface area (Å²) in [5, 5.41) is 5.41. The summed E-state index contributed by atoms with van der Waals surface area (Å²) >= 11 is 1.23. The minimum absolute atomic E-state index is 0.111. The Bertz CT molecular complexity index is 1070. The number of amides is 2. The first-order valence-electron chi connectivity index (χ1n) is 9.19. The van der Waals surface area contributed by atoms with Crippen LogP contribution in [0.15, 0.2) is 71.6 Å². The highest BCUT2D eigenvalue weighted by Crippen LogP contribution is 2.25. The maximum absolute atomic E-state index is 14.0. The van der Waals surface area contributed by atoms with Crippen molar-refractivity contribution in [2.24, 2.45) is 0 Å². The number of hydrogen-bond acceptors (Lipinski definition) is 4. The molecule has 7 heteroatoms. The van der Waals surface area contributed by atoms with Gasteiger partial charge in [-0.15, -0.1) is 11.8 Å². The zero-order valence-corrected chi connectivity index (χ0v) is 17.4. The second kappa shape index (κ2) is 9.93. The maximum Gasteiger partial charge on any atom is 0.256 e. The van der Waals surface area contributed by atoms with Gasteiger partial charge >= 0.3 is 0 Å². The number of halogens is 1. The van der Waals surface area contributed by atoms with Gasteiger partial charge in [-0.3, -0.25) is 9.59 Å². The van der Waals surface area contributed by atoms with E-state index in [1.54, 1.807) is 67.8 Å². The van der Waals surface area contributed by atoms with Crippen molar-refractivity contribution in [2.45, 2.75) is 11.8 Å². The lowest BCUT2D eigenvalue weighted by Crippen LogP contribution is -2.16. The van der Waals surface area contributed by atoms with Crippen molar-refractivity contribution >= 4 is 35.0 Å². The van der Waals surface area contributed by atoms with E-state index in [1.807, 2.05) is 6.92 Å². The van der Waals surface area contributed by atoms with Gasteiger partial charge in [0.05, 0.1) is 24.1 Å². The molecule has 30 heavy (non-hydrogen) atoms. The van der Waals surface area contributed by atoms with E-state index in [0.29, 0.717) is 21.9 Å². The largest absolute Gasteiger partial charge is 0.497 e. The van der Waals surface area contributed by atoms with Crippen LogP contribution in [0, 0.1) is 12.7 Å². The molecular weight excluding hydrogens is 403 g/mol. The lowest BCUT2D eigenvalue weighted by atomic mass is 10.2. The number of anilines is 2. The number of nitrogens with one attached hydrogen (secondary N) is 2. The molecule has 0 unspecified atom stereocenters. The third-order valence-corrected chi connectivity index (χ3v) is 5.29. The highest BCUT2D eigenvalue weighted by molar-refractivity contribution is 8.00. The molecule has 0 aliphatic heterocycles. The molecule has 5 nitrogen and oxygen atoms in total. The van der Waals surface area contributed by atoms with Crippen molar-refractivity contribution in [1.29, 1.82) is 0 Å². The van der Waals surface area contributed by atoms with E-state index in [1.165, 1.54) is 17.8 Å². The van der Waals surface area contributed by atoms with E-state index >= 15 is 0 Å². The van der Waals surface area contributed by atoms with E-state index in [4.69, 9.17) is 4.74 Å². The molecule has 0 saturated carbocycles. The Morgan fingerprint density at radius 3 is 2.60 bits per heavy atom. The van der Waals surface area contributed by atoms with Crippen LogP contribution in [-0.2, 0) is 4.79 Å². The van der Waals surface area contributed by atoms with Crippen molar-refractivity contribution < 1.29 is 18.7 Å². The molecule has 0 fully saturated rings. The van der Waals surface area contributed by atoms with Crippen LogP contribution < -0.4 is 15.4 Å². The molecular formula is C23H21FN2O3S. The number of rotatable bonds is 7. The summed E-state index contributed by atoms with van der Waals surface area (Å²) in [4.78, 5) is 25.6. The molecule has 0 saturated heterocycles. The molecule has 3 aromatic rings. The Hall–Kier alpha value is -3.32. The molecule has 2 N–H and O–H groups in total. The number of thioether (sulfide) groups is 1. The predicted octanol–water partition coefficient (Wildman–Crippen LogP) is 5.13. The summed E-state index contributed by atoms with van der Waals surface area (Å²) in [7, 11) is 1.56. The second-order valence-corrected chi connectivity index (χ2v) is 7.52. The molecule has 0 aliphatic carbocycles. The van der Waals surface area contributed by atoms with Gasteiger partial charge < -0.3 is 15.4 Å². The first kappa shape index (κ1) is 21.4. The second-order valence-electron chi connectivity index (χ2n) is 6.50. The summed E-state index contributed by atoms with van der Waals surface area (Å²) in [6.45, 7) is 1.82. The quantitative estimate of drug-likeness (QED) is 0.516. The number of hydrogen-bond donors (Lipinski definition) is 2. The lowest BCUT2D eigenvalue weighted by Gasteiger charge is -2.11. The van der Waals surface area contributed by atoms with E-state index < -0.39 is 11.7 Å². The Morgan fingerprint density at radius 2 is 1.80 bits per heavy atom. The van der Waals surface area contributed by atoms with E-state index in [9.17, 15) is 14.0 Å². The van der Waals surface area contributed by atoms with Crippen LogP contribution in [-0.4, -0.2) is 24.7 Å². The molecule has 3 rings (SSSR count). The molecule has 0 radical (unpaired) electrons. The number of carbonyl (C=O) groups excluding carboxylic acids is 2. The van der Waals surface area contributed by atoms with Crippen molar-refractivity contribution in [1.82, 2.24) is 0 Å². The number of methoxy groups -OCH3 is 1. The first-order valence-corrected chi connectivity index (χ1v) is 10.2. The Labute approximate surface area is 178 Å². The minimum Gasteiger partial charge on any atom is -0.497 e. The van der Waals surface area contributed by atoms with Gasteiger partial charge in [-0.2, -0.15) is 0 Å². The third kappa shape index (κ3) is 5.61. The molecule has 0 atom stereocenters. The number of aryl methyl sites for hydroxylation is 1. The maximum atomic E-state index is 14.0. The summed E-state index contributed by atoms with van der Waals surface area (Å²) in [5.74, 6) is -0.396. The minimum atomic E-state index is -0.503. The molecule has 2 amide bonds. The predicted molar refractivity (Wildman–Crippen MR) is 118 cm³/mol. The molecule has 3 aromatic carbocycles. The average molecular weight is 424 g/mol. The summed E-state index contributed by atoms with van der Waals surface area (Å²) in [6, 6.07) is 18.5. The van der Waals surface area contributed by atoms with Gasteiger partial charge in [0.1, 0.15) is 11.6 Å². The standard InChI is InChI=1S/C23H21FN2O3S/c1-15-10-11-19(24)20(12-15)26-23(28)18-8-3-4-9-21(18)30-14-22(27)25-16-6-5-7-17(13-16)29-2/h3-13H,14H2,1-2H3,(H,25,27)(H,26,28). The van der Waals surface area contributed by atoms with Crippen LogP contribution in [0.2, 0.25) is 0 Å². The fourth-order valence-electron chi connectivity index (χ4n) is 2.75. The van der Waals surface area contributed by atoms with Crippen molar-refractivity contribution in [3.05, 3.63) is 83.7 Å². The summed E-state index contributed by atoms with van der Waals surface area (Å²) in [6.07, 6.45) is 0. The van der Waals surface area contributed by atoms with Gasteiger partial charge in [0.25, 0.3) is 5.91 Å². The average Bonchev–Trinajstić information content (AvgIpc) is 2.75. The fourth-order valence-corrected chi connectivity index (χ4v) is 3.60. The topological polar surface area (TPSA) is 67.4 Å². The van der Waals surface area contributed by atoms with Crippen LogP contribution in [0.5, 0.6) is 5.75 Å². The van der Waals surface area contributed by atoms with Gasteiger partial charge in [-0.05, 0) is 48.9 Å². The monoisotopic (exact) mass is 424 g/mol. The molecule has 0 spiro atoms. The van der Waals surface area contributed by atoms with Gasteiger partial charge in [0, 0.05) is 16.6 Å². The van der Waals surface area contributed by atoms with Crippen molar-refractivity contribution in [2.75, 3.05) is 23.5 Å². The van der Waals surface area contributed by atoms with Crippen molar-refractivity contribution in [3.63, 3.8) is 0 Å². The summed E-state index contributed by atoms with van der Waals surface area (Å²) < 4.78 is 19.1. The van der Waals surface area contributed by atoms with Gasteiger partial charge in [0.2, 0.25) is 5.91 Å². The van der Waals surface area contributed by atoms with E-state index in [2.05, 4.69) is 10.6 Å². The van der Waals surface area contributed by atoms with Crippen LogP contribution >= 0.6 is 11.8 Å².